The molecule has 136 valence electrons. The number of nitrogens with zero attached hydrogens (tertiary/aromatic N) is 2. The molecule has 0 aliphatic carbocycles. The van der Waals surface area contributed by atoms with Crippen molar-refractivity contribution in [2.45, 2.75) is 31.3 Å². The van der Waals surface area contributed by atoms with E-state index in [9.17, 15) is 9.59 Å². The van der Waals surface area contributed by atoms with Gasteiger partial charge in [0.15, 0.2) is 5.13 Å². The highest BCUT2D eigenvalue weighted by Crippen LogP contribution is 2.36. The van der Waals surface area contributed by atoms with Crippen LogP contribution in [-0.2, 0) is 9.59 Å². The van der Waals surface area contributed by atoms with E-state index in [2.05, 4.69) is 25.8 Å². The summed E-state index contributed by atoms with van der Waals surface area (Å²) in [7, 11) is 0. The lowest BCUT2D eigenvalue weighted by molar-refractivity contribution is -0.124. The SMILES string of the molecule is CC(C(=O)Nc1nccs1)N1CCC2(CC1)Nc1ccccc1NC2=O. The number of piperidine rings is 1. The number of hydrogen-bond donors (Lipinski definition) is 3. The number of anilines is 3. The minimum absolute atomic E-state index is 0.00994. The monoisotopic (exact) mass is 371 g/mol. The minimum atomic E-state index is -0.601. The van der Waals surface area contributed by atoms with Crippen LogP contribution in [-0.4, -0.2) is 46.4 Å². The molecule has 3 heterocycles. The van der Waals surface area contributed by atoms with E-state index >= 15 is 0 Å². The van der Waals surface area contributed by atoms with Crippen molar-refractivity contribution in [2.24, 2.45) is 0 Å². The fourth-order valence-electron chi connectivity index (χ4n) is 3.56. The Kier molecular flexibility index (Phi) is 4.37. The quantitative estimate of drug-likeness (QED) is 0.771. The maximum atomic E-state index is 12.7. The molecule has 2 amide bonds. The first-order chi connectivity index (χ1) is 12.6. The highest BCUT2D eigenvalue weighted by atomic mass is 32.1. The van der Waals surface area contributed by atoms with Crippen LogP contribution in [0.25, 0.3) is 0 Å². The predicted octanol–water partition coefficient (Wildman–Crippen LogP) is 2.37. The molecule has 26 heavy (non-hydrogen) atoms. The summed E-state index contributed by atoms with van der Waals surface area (Å²) in [5, 5.41) is 11.7. The molecule has 1 spiro atoms. The first-order valence-electron chi connectivity index (χ1n) is 8.70. The van der Waals surface area contributed by atoms with Gasteiger partial charge >= 0.3 is 0 Å². The Hall–Kier alpha value is -2.45. The zero-order valence-electron chi connectivity index (χ0n) is 14.5. The number of hydrogen-bond acceptors (Lipinski definition) is 6. The first-order valence-corrected chi connectivity index (χ1v) is 9.58. The Labute approximate surface area is 155 Å². The van der Waals surface area contributed by atoms with Crippen LogP contribution in [0.1, 0.15) is 19.8 Å². The average molecular weight is 371 g/mol. The van der Waals surface area contributed by atoms with Crippen molar-refractivity contribution in [2.75, 3.05) is 29.0 Å². The number of amides is 2. The Morgan fingerprint density at radius 1 is 1.31 bits per heavy atom. The van der Waals surface area contributed by atoms with Gasteiger partial charge in [-0.1, -0.05) is 12.1 Å². The third kappa shape index (κ3) is 3.06. The van der Waals surface area contributed by atoms with Crippen molar-refractivity contribution in [1.29, 1.82) is 0 Å². The van der Waals surface area contributed by atoms with E-state index in [4.69, 9.17) is 0 Å². The van der Waals surface area contributed by atoms with Crippen molar-refractivity contribution in [3.05, 3.63) is 35.8 Å². The molecular weight excluding hydrogens is 350 g/mol. The normalized spacial score (nSPS) is 20.0. The molecule has 0 bridgehead atoms. The van der Waals surface area contributed by atoms with Gasteiger partial charge in [0.25, 0.3) is 0 Å². The number of para-hydroxylation sites is 2. The van der Waals surface area contributed by atoms with E-state index in [-0.39, 0.29) is 17.9 Å². The predicted molar refractivity (Wildman–Crippen MR) is 102 cm³/mol. The van der Waals surface area contributed by atoms with Crippen LogP contribution in [0.15, 0.2) is 35.8 Å². The standard InChI is InChI=1S/C18H21N5O2S/c1-12(15(24)21-17-19-8-11-26-17)23-9-6-18(7-10-23)16(25)20-13-4-2-3-5-14(13)22-18/h2-5,8,11-12,22H,6-7,9-10H2,1H3,(H,20,25)(H,19,21,24). The number of nitrogens with one attached hydrogen (secondary N) is 3. The fourth-order valence-corrected chi connectivity index (χ4v) is 4.10. The molecule has 1 saturated heterocycles. The number of carbonyl (C=O) groups excluding carboxylic acids is 2. The van der Waals surface area contributed by atoms with E-state index in [0.717, 1.165) is 11.4 Å². The number of carbonyl (C=O) groups is 2. The molecule has 2 aliphatic rings. The molecule has 0 radical (unpaired) electrons. The first kappa shape index (κ1) is 17.0. The highest BCUT2D eigenvalue weighted by Gasteiger charge is 2.45. The van der Waals surface area contributed by atoms with Crippen molar-refractivity contribution >= 4 is 39.7 Å². The fraction of sp³-hybridized carbons (Fsp3) is 0.389. The summed E-state index contributed by atoms with van der Waals surface area (Å²) in [6.45, 7) is 3.24. The van der Waals surface area contributed by atoms with Gasteiger partial charge in [-0.05, 0) is 31.9 Å². The van der Waals surface area contributed by atoms with Crippen LogP contribution in [0.3, 0.4) is 0 Å². The topological polar surface area (TPSA) is 86.4 Å². The van der Waals surface area contributed by atoms with E-state index in [1.54, 1.807) is 6.20 Å². The molecular formula is C18H21N5O2S. The lowest BCUT2D eigenvalue weighted by Gasteiger charge is -2.45. The largest absolute Gasteiger partial charge is 0.369 e. The zero-order valence-corrected chi connectivity index (χ0v) is 15.3. The molecule has 1 aromatic carbocycles. The Morgan fingerprint density at radius 2 is 2.04 bits per heavy atom. The van der Waals surface area contributed by atoms with Gasteiger partial charge in [-0.15, -0.1) is 11.3 Å². The summed E-state index contributed by atoms with van der Waals surface area (Å²) in [6, 6.07) is 7.47. The van der Waals surface area contributed by atoms with Gasteiger partial charge in [0.1, 0.15) is 5.54 Å². The van der Waals surface area contributed by atoms with Crippen molar-refractivity contribution in [3.8, 4) is 0 Å². The Bertz CT molecular complexity index is 815. The molecule has 1 unspecified atom stereocenters. The summed E-state index contributed by atoms with van der Waals surface area (Å²) in [5.41, 5.74) is 1.17. The molecule has 2 aromatic rings. The second-order valence-electron chi connectivity index (χ2n) is 6.75. The van der Waals surface area contributed by atoms with Gasteiger partial charge in [-0.2, -0.15) is 0 Å². The molecule has 2 aliphatic heterocycles. The second kappa shape index (κ2) is 6.69. The van der Waals surface area contributed by atoms with Gasteiger partial charge in [-0.25, -0.2) is 4.98 Å². The van der Waals surface area contributed by atoms with Crippen molar-refractivity contribution in [3.63, 3.8) is 0 Å². The van der Waals surface area contributed by atoms with Crippen LogP contribution >= 0.6 is 11.3 Å². The van der Waals surface area contributed by atoms with Gasteiger partial charge < -0.3 is 16.0 Å². The summed E-state index contributed by atoms with van der Waals surface area (Å²) in [4.78, 5) is 31.3. The zero-order chi connectivity index (χ0) is 18.1. The van der Waals surface area contributed by atoms with E-state index < -0.39 is 5.54 Å². The highest BCUT2D eigenvalue weighted by molar-refractivity contribution is 7.13. The molecule has 1 atom stereocenters. The third-order valence-electron chi connectivity index (χ3n) is 5.23. The minimum Gasteiger partial charge on any atom is -0.369 e. The number of likely N-dealkylation sites (tertiary alicyclic amines) is 1. The maximum absolute atomic E-state index is 12.7. The number of benzene rings is 1. The molecule has 1 aromatic heterocycles. The summed E-state index contributed by atoms with van der Waals surface area (Å²) < 4.78 is 0. The van der Waals surface area contributed by atoms with E-state index in [1.165, 1.54) is 11.3 Å². The molecule has 0 saturated carbocycles. The van der Waals surface area contributed by atoms with Crippen LogP contribution in [0.2, 0.25) is 0 Å². The number of thiazole rings is 1. The van der Waals surface area contributed by atoms with E-state index in [0.29, 0.717) is 31.1 Å². The Morgan fingerprint density at radius 3 is 2.73 bits per heavy atom. The second-order valence-corrected chi connectivity index (χ2v) is 7.64. The van der Waals surface area contributed by atoms with Gasteiger partial charge in [0.05, 0.1) is 17.4 Å². The number of fused-ring (bicyclic) bond motifs is 1. The number of aromatic nitrogens is 1. The van der Waals surface area contributed by atoms with Crippen LogP contribution in [0.4, 0.5) is 16.5 Å². The maximum Gasteiger partial charge on any atom is 0.250 e. The Balaban J connectivity index is 1.41. The number of rotatable bonds is 3. The molecule has 7 nitrogen and oxygen atoms in total. The summed E-state index contributed by atoms with van der Waals surface area (Å²) in [6.07, 6.45) is 2.98. The third-order valence-corrected chi connectivity index (χ3v) is 5.91. The van der Waals surface area contributed by atoms with E-state index in [1.807, 2.05) is 36.6 Å². The van der Waals surface area contributed by atoms with Crippen molar-refractivity contribution in [1.82, 2.24) is 9.88 Å². The molecule has 4 rings (SSSR count). The van der Waals surface area contributed by atoms with Crippen LogP contribution in [0.5, 0.6) is 0 Å². The smallest absolute Gasteiger partial charge is 0.250 e. The summed E-state index contributed by atoms with van der Waals surface area (Å²) in [5.74, 6) is -0.0574. The molecule has 1 fully saturated rings. The van der Waals surface area contributed by atoms with Gasteiger partial charge in [-0.3, -0.25) is 14.5 Å². The summed E-state index contributed by atoms with van der Waals surface area (Å²) >= 11 is 1.40. The molecule has 8 heteroatoms. The lowest BCUT2D eigenvalue weighted by atomic mass is 9.84. The van der Waals surface area contributed by atoms with Gasteiger partial charge in [0.2, 0.25) is 11.8 Å². The van der Waals surface area contributed by atoms with Gasteiger partial charge in [0, 0.05) is 24.7 Å². The average Bonchev–Trinajstić information content (AvgIpc) is 3.16. The van der Waals surface area contributed by atoms with Crippen LogP contribution in [0, 0.1) is 0 Å². The molecule has 3 N–H and O–H groups in total. The lowest BCUT2D eigenvalue weighted by Crippen LogP contribution is -2.60. The van der Waals surface area contributed by atoms with Crippen LogP contribution < -0.4 is 16.0 Å². The van der Waals surface area contributed by atoms with Crippen molar-refractivity contribution < 1.29 is 9.59 Å².